The molecule has 4 heterocycles. The van der Waals surface area contributed by atoms with Crippen LogP contribution in [0.5, 0.6) is 0 Å². The third-order valence-electron chi connectivity index (χ3n) is 6.49. The molecule has 33 heavy (non-hydrogen) atoms. The molecule has 0 atom stereocenters. The van der Waals surface area contributed by atoms with Gasteiger partial charge in [0.1, 0.15) is 17.7 Å². The summed E-state index contributed by atoms with van der Waals surface area (Å²) in [6.07, 6.45) is 3.32. The number of fused-ring (bicyclic) bond motifs is 3. The van der Waals surface area contributed by atoms with Crippen molar-refractivity contribution >= 4 is 40.1 Å². The Morgan fingerprint density at radius 2 is 1.97 bits per heavy atom. The van der Waals surface area contributed by atoms with Crippen LogP contribution in [0.2, 0.25) is 0 Å². The molecule has 3 N–H and O–H groups in total. The van der Waals surface area contributed by atoms with Crippen molar-refractivity contribution in [1.29, 1.82) is 0 Å². The molecule has 0 radical (unpaired) electrons. The van der Waals surface area contributed by atoms with Gasteiger partial charge in [0.25, 0.3) is 0 Å². The van der Waals surface area contributed by atoms with E-state index in [1.165, 1.54) is 10.9 Å². The highest BCUT2D eigenvalue weighted by Gasteiger charge is 2.45. The standard InChI is InChI=1S/C23H27N7O3/c1-24-18-11-19-26-16-8-15(9-17(10-16)29-4-6-32-7-5-29)12-33-13-23(2-3-23)28-22(31)30-14-25-20(18)21(30)27-19/h8-11,14H,2-7,12-13H2,1H3,(H,28,31)(H2,24,26,27). The Morgan fingerprint density at radius 3 is 2.76 bits per heavy atom. The fourth-order valence-corrected chi connectivity index (χ4v) is 4.48. The number of ether oxygens (including phenoxy) is 2. The minimum Gasteiger partial charge on any atom is -0.386 e. The van der Waals surface area contributed by atoms with Crippen molar-refractivity contribution < 1.29 is 14.3 Å². The molecule has 10 heteroatoms. The third kappa shape index (κ3) is 3.85. The Hall–Kier alpha value is -3.37. The number of nitrogens with zero attached hydrogens (tertiary/aromatic N) is 4. The Kier molecular flexibility index (Phi) is 4.84. The summed E-state index contributed by atoms with van der Waals surface area (Å²) in [5.74, 6) is 0.630. The van der Waals surface area contributed by atoms with Gasteiger partial charge in [0.15, 0.2) is 5.65 Å². The fraction of sp³-hybridized carbons (Fsp3) is 0.435. The van der Waals surface area contributed by atoms with Crippen LogP contribution in [-0.2, 0) is 16.1 Å². The van der Waals surface area contributed by atoms with Crippen LogP contribution < -0.4 is 20.9 Å². The number of carbonyl (C=O) groups is 1. The lowest BCUT2D eigenvalue weighted by atomic mass is 10.1. The van der Waals surface area contributed by atoms with Gasteiger partial charge in [-0.2, -0.15) is 0 Å². The number of imidazole rings is 1. The van der Waals surface area contributed by atoms with E-state index in [0.717, 1.165) is 61.8 Å². The summed E-state index contributed by atoms with van der Waals surface area (Å²) >= 11 is 0. The van der Waals surface area contributed by atoms with Gasteiger partial charge >= 0.3 is 6.03 Å². The average molecular weight is 450 g/mol. The van der Waals surface area contributed by atoms with Crippen LogP contribution in [0.3, 0.4) is 0 Å². The maximum atomic E-state index is 13.1. The van der Waals surface area contributed by atoms with E-state index in [2.05, 4.69) is 44.0 Å². The highest BCUT2D eigenvalue weighted by atomic mass is 16.5. The normalized spacial score (nSPS) is 19.8. The Balaban J connectivity index is 1.45. The molecule has 1 saturated heterocycles. The van der Waals surface area contributed by atoms with Crippen molar-refractivity contribution in [1.82, 2.24) is 19.9 Å². The SMILES string of the molecule is CNc1cc2nc3c1ncn3C(=O)NC1(CC1)COCc1cc(cc(N3CCOCC3)c1)N2. The molecule has 1 amide bonds. The van der Waals surface area contributed by atoms with Crippen LogP contribution in [0, 0.1) is 0 Å². The zero-order valence-electron chi connectivity index (χ0n) is 18.6. The number of aromatic nitrogens is 3. The van der Waals surface area contributed by atoms with Gasteiger partial charge in [-0.1, -0.05) is 0 Å². The highest BCUT2D eigenvalue weighted by Crippen LogP contribution is 2.37. The van der Waals surface area contributed by atoms with Gasteiger partial charge in [-0.25, -0.2) is 19.3 Å². The molecular formula is C23H27N7O3. The largest absolute Gasteiger partial charge is 0.386 e. The van der Waals surface area contributed by atoms with Gasteiger partial charge in [0, 0.05) is 37.6 Å². The molecule has 2 fully saturated rings. The lowest BCUT2D eigenvalue weighted by molar-refractivity contribution is 0.0939. The Bertz CT molecular complexity index is 1210. The van der Waals surface area contributed by atoms with Crippen molar-refractivity contribution in [3.63, 3.8) is 0 Å². The number of carbonyl (C=O) groups excluding carboxylic acids is 1. The Morgan fingerprint density at radius 1 is 1.12 bits per heavy atom. The van der Waals surface area contributed by atoms with Crippen molar-refractivity contribution in [3.05, 3.63) is 36.2 Å². The van der Waals surface area contributed by atoms with E-state index in [9.17, 15) is 4.79 Å². The number of morpholine rings is 1. The fourth-order valence-electron chi connectivity index (χ4n) is 4.48. The zero-order valence-corrected chi connectivity index (χ0v) is 18.6. The number of hydrogen-bond acceptors (Lipinski definition) is 8. The number of nitrogens with one attached hydrogen (secondary N) is 3. The van der Waals surface area contributed by atoms with Crippen LogP contribution in [0.25, 0.3) is 11.2 Å². The molecule has 4 bridgehead atoms. The van der Waals surface area contributed by atoms with Gasteiger partial charge in [0.2, 0.25) is 0 Å². The van der Waals surface area contributed by atoms with E-state index in [1.54, 1.807) is 0 Å². The predicted molar refractivity (Wildman–Crippen MR) is 125 cm³/mol. The summed E-state index contributed by atoms with van der Waals surface area (Å²) in [6.45, 7) is 4.09. The number of benzene rings is 1. The molecule has 2 aliphatic heterocycles. The summed E-state index contributed by atoms with van der Waals surface area (Å²) in [5.41, 5.74) is 4.73. The topological polar surface area (TPSA) is 106 Å². The maximum Gasteiger partial charge on any atom is 0.329 e. The molecule has 3 aromatic rings. The molecular weight excluding hydrogens is 422 g/mol. The second-order valence-corrected chi connectivity index (χ2v) is 8.91. The zero-order chi connectivity index (χ0) is 22.4. The van der Waals surface area contributed by atoms with Crippen LogP contribution in [0.4, 0.5) is 27.7 Å². The molecule has 0 unspecified atom stereocenters. The number of anilines is 4. The van der Waals surface area contributed by atoms with E-state index in [1.807, 2.05) is 13.1 Å². The van der Waals surface area contributed by atoms with Gasteiger partial charge in [-0.15, -0.1) is 0 Å². The molecule has 3 aliphatic rings. The van der Waals surface area contributed by atoms with Crippen molar-refractivity contribution in [3.8, 4) is 0 Å². The van der Waals surface area contributed by atoms with Crippen LogP contribution in [0.1, 0.15) is 18.4 Å². The summed E-state index contributed by atoms with van der Waals surface area (Å²) in [5, 5.41) is 9.75. The summed E-state index contributed by atoms with van der Waals surface area (Å²) < 4.78 is 13.1. The van der Waals surface area contributed by atoms with Crippen molar-refractivity contribution in [2.45, 2.75) is 25.0 Å². The van der Waals surface area contributed by atoms with Gasteiger partial charge in [0.05, 0.1) is 37.7 Å². The minimum absolute atomic E-state index is 0.240. The molecule has 1 spiro atoms. The van der Waals surface area contributed by atoms with E-state index >= 15 is 0 Å². The summed E-state index contributed by atoms with van der Waals surface area (Å²) in [6, 6.07) is 8.05. The van der Waals surface area contributed by atoms with Crippen molar-refractivity contribution in [2.75, 3.05) is 55.5 Å². The first-order valence-corrected chi connectivity index (χ1v) is 11.3. The van der Waals surface area contributed by atoms with Gasteiger partial charge < -0.3 is 30.3 Å². The van der Waals surface area contributed by atoms with E-state index in [0.29, 0.717) is 30.2 Å². The quantitative estimate of drug-likeness (QED) is 0.549. The van der Waals surface area contributed by atoms with Crippen molar-refractivity contribution in [2.24, 2.45) is 0 Å². The molecule has 1 saturated carbocycles. The summed E-state index contributed by atoms with van der Waals surface area (Å²) in [4.78, 5) is 24.6. The number of amides is 1. The molecule has 10 nitrogen and oxygen atoms in total. The lowest BCUT2D eigenvalue weighted by Crippen LogP contribution is -2.42. The third-order valence-corrected chi connectivity index (χ3v) is 6.49. The lowest BCUT2D eigenvalue weighted by Gasteiger charge is -2.30. The Labute approximate surface area is 191 Å². The van der Waals surface area contributed by atoms with E-state index in [4.69, 9.17) is 14.5 Å². The average Bonchev–Trinajstić information content (AvgIpc) is 3.44. The predicted octanol–water partition coefficient (Wildman–Crippen LogP) is 2.67. The second kappa shape index (κ2) is 7.89. The smallest absolute Gasteiger partial charge is 0.329 e. The highest BCUT2D eigenvalue weighted by molar-refractivity contribution is 5.94. The number of hydrogen-bond donors (Lipinski definition) is 3. The number of pyridine rings is 1. The molecule has 1 aliphatic carbocycles. The van der Waals surface area contributed by atoms with Crippen LogP contribution >= 0.6 is 0 Å². The molecule has 6 rings (SSSR count). The van der Waals surface area contributed by atoms with Crippen LogP contribution in [-0.4, -0.2) is 66.1 Å². The monoisotopic (exact) mass is 449 g/mol. The van der Waals surface area contributed by atoms with E-state index < -0.39 is 0 Å². The first kappa shape index (κ1) is 20.3. The molecule has 172 valence electrons. The minimum atomic E-state index is -0.329. The van der Waals surface area contributed by atoms with Crippen LogP contribution in [0.15, 0.2) is 30.6 Å². The first-order valence-electron chi connectivity index (χ1n) is 11.3. The maximum absolute atomic E-state index is 13.1. The summed E-state index contributed by atoms with van der Waals surface area (Å²) in [7, 11) is 1.84. The van der Waals surface area contributed by atoms with Gasteiger partial charge in [-0.05, 0) is 36.6 Å². The first-order chi connectivity index (χ1) is 16.1. The molecule has 1 aromatic carbocycles. The second-order valence-electron chi connectivity index (χ2n) is 8.91. The molecule has 2 aromatic heterocycles. The number of rotatable bonds is 2. The van der Waals surface area contributed by atoms with Gasteiger partial charge in [-0.3, -0.25) is 0 Å². The van der Waals surface area contributed by atoms with E-state index in [-0.39, 0.29) is 11.6 Å².